The first-order chi connectivity index (χ1) is 13.6. The van der Waals surface area contributed by atoms with Gasteiger partial charge in [0, 0.05) is 24.1 Å². The molecule has 0 saturated heterocycles. The number of rotatable bonds is 7. The number of hydrogen-bond donors (Lipinski definition) is 2. The Kier molecular flexibility index (Phi) is 5.52. The van der Waals surface area contributed by atoms with Crippen molar-refractivity contribution in [3.05, 3.63) is 59.6 Å². The van der Waals surface area contributed by atoms with E-state index < -0.39 is 0 Å². The number of aliphatic hydroxyl groups excluding tert-OH is 1. The highest BCUT2D eigenvalue weighted by Crippen LogP contribution is 2.50. The van der Waals surface area contributed by atoms with E-state index in [0.717, 1.165) is 21.6 Å². The van der Waals surface area contributed by atoms with Gasteiger partial charge in [0.05, 0.1) is 17.3 Å². The largest absolute Gasteiger partial charge is 0.395 e. The van der Waals surface area contributed by atoms with Gasteiger partial charge in [-0.05, 0) is 41.3 Å². The van der Waals surface area contributed by atoms with E-state index in [2.05, 4.69) is 21.8 Å². The fraction of sp³-hybridized carbons (Fsp3) is 0.150. The average Bonchev–Trinajstić information content (AvgIpc) is 3.41. The van der Waals surface area contributed by atoms with Crippen LogP contribution in [0.3, 0.4) is 0 Å². The lowest BCUT2D eigenvalue weighted by molar-refractivity contribution is 0.0706. The number of halogens is 2. The Labute approximate surface area is 171 Å². The van der Waals surface area contributed by atoms with Crippen LogP contribution in [0.2, 0.25) is 5.02 Å². The third-order valence-electron chi connectivity index (χ3n) is 4.34. The van der Waals surface area contributed by atoms with Crippen molar-refractivity contribution in [1.29, 1.82) is 0 Å². The van der Waals surface area contributed by atoms with Gasteiger partial charge in [0.25, 0.3) is 0 Å². The molecule has 5 nitrogen and oxygen atoms in total. The lowest BCUT2D eigenvalue weighted by atomic mass is 10.0. The van der Waals surface area contributed by atoms with E-state index in [1.54, 1.807) is 6.07 Å². The maximum absolute atomic E-state index is 13.4. The molecule has 28 heavy (non-hydrogen) atoms. The Balaban J connectivity index is 1.51. The summed E-state index contributed by atoms with van der Waals surface area (Å²) in [6.07, 6.45) is 0. The SMILES string of the molecule is CN(F)N1c2cc(Cl)c(-c3ccc(-c4ccc(SNCCO)cc4)cc3)nc21. The Morgan fingerprint density at radius 2 is 1.71 bits per heavy atom. The summed E-state index contributed by atoms with van der Waals surface area (Å²) in [6, 6.07) is 17.9. The second-order valence-corrected chi connectivity index (χ2v) is 7.61. The van der Waals surface area contributed by atoms with Gasteiger partial charge in [0.15, 0.2) is 5.82 Å². The summed E-state index contributed by atoms with van der Waals surface area (Å²) in [4.78, 5) is 5.55. The van der Waals surface area contributed by atoms with Gasteiger partial charge in [0.1, 0.15) is 5.69 Å². The average molecular weight is 417 g/mol. The van der Waals surface area contributed by atoms with Crippen LogP contribution < -0.4 is 9.73 Å². The smallest absolute Gasteiger partial charge is 0.176 e. The lowest BCUT2D eigenvalue weighted by Gasteiger charge is -2.07. The first kappa shape index (κ1) is 19.2. The first-order valence-electron chi connectivity index (χ1n) is 8.70. The highest BCUT2D eigenvalue weighted by atomic mass is 35.5. The van der Waals surface area contributed by atoms with Crippen LogP contribution in [0.4, 0.5) is 16.0 Å². The van der Waals surface area contributed by atoms with E-state index in [9.17, 15) is 4.48 Å². The standard InChI is InChI=1S/C20H18ClFN4OS/c1-25(22)26-18-12-17(21)19(24-20(18)26)15-4-2-13(3-5-15)14-6-8-16(9-7-14)28-23-10-11-27/h2-9,12,23,27H,10-11H2,1H3. The molecule has 3 aromatic rings. The van der Waals surface area contributed by atoms with Gasteiger partial charge in [0.2, 0.25) is 0 Å². The fourth-order valence-corrected chi connectivity index (χ4v) is 3.82. The molecule has 1 aliphatic heterocycles. The quantitative estimate of drug-likeness (QED) is 0.249. The van der Waals surface area contributed by atoms with Crippen LogP contribution in [-0.4, -0.2) is 35.5 Å². The van der Waals surface area contributed by atoms with Crippen LogP contribution in [0.25, 0.3) is 22.4 Å². The molecule has 0 spiro atoms. The molecule has 8 heteroatoms. The maximum atomic E-state index is 13.4. The van der Waals surface area contributed by atoms with E-state index in [4.69, 9.17) is 16.7 Å². The van der Waals surface area contributed by atoms with Crippen molar-refractivity contribution >= 4 is 35.1 Å². The molecule has 144 valence electrons. The van der Waals surface area contributed by atoms with Crippen LogP contribution >= 0.6 is 23.5 Å². The van der Waals surface area contributed by atoms with Gasteiger partial charge in [-0.25, -0.2) is 9.99 Å². The third kappa shape index (κ3) is 3.85. The summed E-state index contributed by atoms with van der Waals surface area (Å²) >= 11 is 7.83. The Morgan fingerprint density at radius 1 is 1.11 bits per heavy atom. The summed E-state index contributed by atoms with van der Waals surface area (Å²) < 4.78 is 16.4. The zero-order valence-corrected chi connectivity index (χ0v) is 16.6. The number of nitrogens with zero attached hydrogens (tertiary/aromatic N) is 3. The van der Waals surface area contributed by atoms with Gasteiger partial charge in [-0.2, -0.15) is 0 Å². The highest BCUT2D eigenvalue weighted by Gasteiger charge is 2.37. The minimum Gasteiger partial charge on any atom is -0.395 e. The topological polar surface area (TPSA) is 51.4 Å². The Morgan fingerprint density at radius 3 is 2.32 bits per heavy atom. The van der Waals surface area contributed by atoms with Crippen LogP contribution in [0, 0.1) is 0 Å². The first-order valence-corrected chi connectivity index (χ1v) is 9.89. The van der Waals surface area contributed by atoms with Gasteiger partial charge < -0.3 is 5.11 Å². The molecule has 2 heterocycles. The van der Waals surface area contributed by atoms with Crippen LogP contribution in [-0.2, 0) is 0 Å². The molecule has 0 amide bonds. The van der Waals surface area contributed by atoms with Gasteiger partial charge in [-0.3, -0.25) is 4.72 Å². The van der Waals surface area contributed by atoms with E-state index in [0.29, 0.717) is 34.0 Å². The molecular formula is C20H18ClFN4OS. The molecule has 1 aromatic heterocycles. The predicted molar refractivity (Wildman–Crippen MR) is 112 cm³/mol. The minimum absolute atomic E-state index is 0.114. The molecule has 0 aliphatic carbocycles. The summed E-state index contributed by atoms with van der Waals surface area (Å²) in [6.45, 7) is 0.662. The molecular weight excluding hydrogens is 399 g/mol. The van der Waals surface area contributed by atoms with Crippen LogP contribution in [0.5, 0.6) is 0 Å². The van der Waals surface area contributed by atoms with Gasteiger partial charge in [-0.15, -0.1) is 4.48 Å². The number of aliphatic hydroxyl groups is 1. The predicted octanol–water partition coefficient (Wildman–Crippen LogP) is 4.84. The molecule has 0 unspecified atom stereocenters. The normalized spacial score (nSPS) is 12.4. The van der Waals surface area contributed by atoms with Crippen molar-refractivity contribution in [2.24, 2.45) is 0 Å². The fourth-order valence-electron chi connectivity index (χ4n) is 2.94. The molecule has 0 bridgehead atoms. The van der Waals surface area contributed by atoms with Crippen LogP contribution in [0.1, 0.15) is 0 Å². The monoisotopic (exact) mass is 416 g/mol. The van der Waals surface area contributed by atoms with E-state index in [1.165, 1.54) is 24.0 Å². The molecule has 2 N–H and O–H groups in total. The summed E-state index contributed by atoms with van der Waals surface area (Å²) in [5.74, 6) is 0.580. The highest BCUT2D eigenvalue weighted by molar-refractivity contribution is 7.97. The maximum Gasteiger partial charge on any atom is 0.176 e. The molecule has 2 aromatic carbocycles. The molecule has 0 fully saturated rings. The van der Waals surface area contributed by atoms with Crippen molar-refractivity contribution in [3.63, 3.8) is 0 Å². The zero-order chi connectivity index (χ0) is 19.7. The molecule has 0 atom stereocenters. The van der Waals surface area contributed by atoms with E-state index in [-0.39, 0.29) is 6.61 Å². The van der Waals surface area contributed by atoms with Crippen LogP contribution in [0.15, 0.2) is 59.5 Å². The van der Waals surface area contributed by atoms with Crippen molar-refractivity contribution < 1.29 is 9.59 Å². The van der Waals surface area contributed by atoms with Crippen molar-refractivity contribution in [2.45, 2.75) is 4.90 Å². The number of nitrogens with one attached hydrogen (secondary N) is 1. The Bertz CT molecular complexity index is 983. The van der Waals surface area contributed by atoms with E-state index >= 15 is 0 Å². The number of hydrazine groups is 1. The lowest BCUT2D eigenvalue weighted by Crippen LogP contribution is -2.16. The van der Waals surface area contributed by atoms with Gasteiger partial charge >= 0.3 is 0 Å². The number of hydrogen-bond acceptors (Lipinski definition) is 6. The second kappa shape index (κ2) is 8.06. The summed E-state index contributed by atoms with van der Waals surface area (Å²) in [5.41, 5.74) is 4.38. The number of benzene rings is 2. The van der Waals surface area contributed by atoms with E-state index in [1.807, 2.05) is 36.4 Å². The number of anilines is 2. The summed E-state index contributed by atoms with van der Waals surface area (Å²) in [5, 5.41) is 11.1. The third-order valence-corrected chi connectivity index (χ3v) is 5.49. The van der Waals surface area contributed by atoms with Crippen molar-refractivity contribution in [1.82, 2.24) is 14.9 Å². The van der Waals surface area contributed by atoms with Crippen molar-refractivity contribution in [2.75, 3.05) is 25.2 Å². The molecule has 1 aliphatic rings. The van der Waals surface area contributed by atoms with Gasteiger partial charge in [-0.1, -0.05) is 53.2 Å². The number of pyridine rings is 1. The molecule has 4 rings (SSSR count). The zero-order valence-electron chi connectivity index (χ0n) is 15.1. The number of fused-ring (bicyclic) bond motifs is 1. The van der Waals surface area contributed by atoms with Crippen molar-refractivity contribution in [3.8, 4) is 22.4 Å². The second-order valence-electron chi connectivity index (χ2n) is 6.24. The summed E-state index contributed by atoms with van der Waals surface area (Å²) in [7, 11) is 1.32. The molecule has 0 radical (unpaired) electrons. The Hall–Kier alpha value is -2.16. The number of aromatic nitrogens is 1. The minimum atomic E-state index is 0.114. The molecule has 0 saturated carbocycles.